The van der Waals surface area contributed by atoms with Crippen molar-refractivity contribution < 1.29 is 4.42 Å². The average Bonchev–Trinajstić information content (AvgIpc) is 3.19. The Bertz CT molecular complexity index is 1430. The van der Waals surface area contributed by atoms with E-state index in [1.165, 1.54) is 4.57 Å². The van der Waals surface area contributed by atoms with Crippen LogP contribution in [-0.4, -0.2) is 40.7 Å². The molecule has 0 radical (unpaired) electrons. The first-order chi connectivity index (χ1) is 15.0. The van der Waals surface area contributed by atoms with Gasteiger partial charge in [0.15, 0.2) is 5.58 Å². The highest BCUT2D eigenvalue weighted by Crippen LogP contribution is 2.30. The molecular formula is C22H19BrN6O2. The molecule has 1 aromatic carbocycles. The normalized spacial score (nSPS) is 14.4. The number of nitrogens with zero attached hydrogens (tertiary/aromatic N) is 6. The van der Waals surface area contributed by atoms with Crippen LogP contribution in [0.2, 0.25) is 0 Å². The van der Waals surface area contributed by atoms with Gasteiger partial charge in [0.2, 0.25) is 0 Å². The maximum atomic E-state index is 12.8. The van der Waals surface area contributed by atoms with Crippen molar-refractivity contribution in [1.29, 1.82) is 5.26 Å². The predicted molar refractivity (Wildman–Crippen MR) is 123 cm³/mol. The summed E-state index contributed by atoms with van der Waals surface area (Å²) in [6, 6.07) is 12.3. The zero-order valence-corrected chi connectivity index (χ0v) is 18.7. The highest BCUT2D eigenvalue weighted by Gasteiger charge is 2.27. The van der Waals surface area contributed by atoms with Gasteiger partial charge in [-0.25, -0.2) is 4.98 Å². The van der Waals surface area contributed by atoms with Crippen LogP contribution in [-0.2, 0) is 7.05 Å². The van der Waals surface area contributed by atoms with Gasteiger partial charge < -0.3 is 18.8 Å². The Morgan fingerprint density at radius 2 is 1.84 bits per heavy atom. The summed E-state index contributed by atoms with van der Waals surface area (Å²) in [6.07, 6.45) is 0. The predicted octanol–water partition coefficient (Wildman–Crippen LogP) is 3.34. The first-order valence-corrected chi connectivity index (χ1v) is 10.7. The number of nitriles is 1. The standard InChI is InChI=1S/C22H19BrN6O2/c1-13-3-5-17-15(11-13)25-22(31-17)29-9-7-28(8-10-29)20-14(12-24)21(30)27(2)16-4-6-18(23)26-19(16)20/h3-6,11H,7-10H2,1-2H3. The highest BCUT2D eigenvalue weighted by atomic mass is 79.9. The minimum Gasteiger partial charge on any atom is -0.423 e. The second-order valence-corrected chi connectivity index (χ2v) is 8.46. The molecule has 4 heterocycles. The first kappa shape index (κ1) is 19.6. The summed E-state index contributed by atoms with van der Waals surface area (Å²) in [4.78, 5) is 26.2. The second kappa shape index (κ2) is 7.39. The third kappa shape index (κ3) is 3.24. The van der Waals surface area contributed by atoms with Crippen LogP contribution < -0.4 is 15.4 Å². The van der Waals surface area contributed by atoms with E-state index >= 15 is 0 Å². The lowest BCUT2D eigenvalue weighted by Crippen LogP contribution is -2.47. The highest BCUT2D eigenvalue weighted by molar-refractivity contribution is 9.10. The van der Waals surface area contributed by atoms with Crippen molar-refractivity contribution in [3.63, 3.8) is 0 Å². The van der Waals surface area contributed by atoms with E-state index < -0.39 is 0 Å². The number of halogens is 1. The fourth-order valence-corrected chi connectivity index (χ4v) is 4.37. The number of fused-ring (bicyclic) bond motifs is 2. The van der Waals surface area contributed by atoms with E-state index in [9.17, 15) is 10.1 Å². The van der Waals surface area contributed by atoms with Crippen molar-refractivity contribution in [2.24, 2.45) is 7.05 Å². The Labute approximate surface area is 186 Å². The van der Waals surface area contributed by atoms with Gasteiger partial charge in [-0.3, -0.25) is 4.79 Å². The topological polar surface area (TPSA) is 91.2 Å². The molecule has 0 aliphatic carbocycles. The number of hydrogen-bond acceptors (Lipinski definition) is 7. The molecule has 0 unspecified atom stereocenters. The molecule has 9 heteroatoms. The van der Waals surface area contributed by atoms with Crippen molar-refractivity contribution in [1.82, 2.24) is 14.5 Å². The van der Waals surface area contributed by atoms with Gasteiger partial charge in [0, 0.05) is 33.2 Å². The molecule has 3 aromatic heterocycles. The number of hydrogen-bond donors (Lipinski definition) is 0. The molecule has 0 spiro atoms. The van der Waals surface area contributed by atoms with Crippen LogP contribution >= 0.6 is 15.9 Å². The Hall–Kier alpha value is -3.38. The monoisotopic (exact) mass is 478 g/mol. The van der Waals surface area contributed by atoms with E-state index in [-0.39, 0.29) is 11.1 Å². The Morgan fingerprint density at radius 1 is 1.10 bits per heavy atom. The molecular weight excluding hydrogens is 460 g/mol. The zero-order chi connectivity index (χ0) is 21.7. The molecule has 0 saturated carbocycles. The SMILES string of the molecule is Cc1ccc2oc(N3CCN(c4c(C#N)c(=O)n(C)c5ccc(Br)nc45)CC3)nc2c1. The average molecular weight is 479 g/mol. The van der Waals surface area contributed by atoms with Crippen LogP contribution in [0.5, 0.6) is 0 Å². The molecule has 156 valence electrons. The van der Waals surface area contributed by atoms with Gasteiger partial charge in [-0.15, -0.1) is 0 Å². The van der Waals surface area contributed by atoms with Crippen molar-refractivity contribution in [3.8, 4) is 6.07 Å². The molecule has 1 saturated heterocycles. The first-order valence-electron chi connectivity index (χ1n) is 9.92. The number of anilines is 2. The van der Waals surface area contributed by atoms with E-state index in [1.807, 2.05) is 31.2 Å². The minimum absolute atomic E-state index is 0.117. The molecule has 0 amide bonds. The molecule has 1 aliphatic rings. The summed E-state index contributed by atoms with van der Waals surface area (Å²) in [6.45, 7) is 4.56. The number of piperazine rings is 1. The van der Waals surface area contributed by atoms with Gasteiger partial charge in [-0.1, -0.05) is 6.07 Å². The third-order valence-electron chi connectivity index (χ3n) is 5.69. The fourth-order valence-electron chi connectivity index (χ4n) is 4.06. The molecule has 31 heavy (non-hydrogen) atoms. The number of rotatable bonds is 2. The number of oxazole rings is 1. The maximum absolute atomic E-state index is 12.8. The number of aromatic nitrogens is 3. The van der Waals surface area contributed by atoms with Crippen molar-refractivity contribution in [3.05, 3.63) is 56.4 Å². The summed E-state index contributed by atoms with van der Waals surface area (Å²) in [7, 11) is 1.66. The quantitative estimate of drug-likeness (QED) is 0.408. The van der Waals surface area contributed by atoms with Crippen LogP contribution in [0, 0.1) is 18.3 Å². The summed E-state index contributed by atoms with van der Waals surface area (Å²) >= 11 is 3.41. The van der Waals surface area contributed by atoms with Crippen molar-refractivity contribution in [2.75, 3.05) is 36.0 Å². The lowest BCUT2D eigenvalue weighted by atomic mass is 10.1. The van der Waals surface area contributed by atoms with Gasteiger partial charge in [-0.2, -0.15) is 10.2 Å². The van der Waals surface area contributed by atoms with E-state index in [1.54, 1.807) is 13.1 Å². The lowest BCUT2D eigenvalue weighted by Gasteiger charge is -2.36. The van der Waals surface area contributed by atoms with Gasteiger partial charge in [0.25, 0.3) is 11.6 Å². The summed E-state index contributed by atoms with van der Waals surface area (Å²) in [5.41, 5.74) is 4.47. The Balaban J connectivity index is 1.50. The van der Waals surface area contributed by atoms with Crippen LogP contribution in [0.1, 0.15) is 11.1 Å². The van der Waals surface area contributed by atoms with Crippen LogP contribution in [0.15, 0.2) is 44.1 Å². The largest absolute Gasteiger partial charge is 0.423 e. The minimum atomic E-state index is -0.314. The van der Waals surface area contributed by atoms with Crippen LogP contribution in [0.3, 0.4) is 0 Å². The molecule has 0 bridgehead atoms. The van der Waals surface area contributed by atoms with E-state index in [0.717, 1.165) is 16.7 Å². The van der Waals surface area contributed by atoms with Crippen LogP contribution in [0.25, 0.3) is 22.1 Å². The smallest absolute Gasteiger partial charge is 0.298 e. The lowest BCUT2D eigenvalue weighted by molar-refractivity contribution is 0.542. The molecule has 4 aromatic rings. The van der Waals surface area contributed by atoms with Crippen molar-refractivity contribution in [2.45, 2.75) is 6.92 Å². The maximum Gasteiger partial charge on any atom is 0.298 e. The summed E-state index contributed by atoms with van der Waals surface area (Å²) in [5, 5.41) is 9.75. The third-order valence-corrected chi connectivity index (χ3v) is 6.13. The van der Waals surface area contributed by atoms with Gasteiger partial charge in [-0.05, 0) is 52.7 Å². The number of benzene rings is 1. The zero-order valence-electron chi connectivity index (χ0n) is 17.1. The summed E-state index contributed by atoms with van der Waals surface area (Å²) in [5.74, 6) is 0. The molecule has 5 rings (SSSR count). The van der Waals surface area contributed by atoms with Gasteiger partial charge in [0.1, 0.15) is 27.3 Å². The molecule has 0 atom stereocenters. The number of aryl methyl sites for hydroxylation is 2. The Morgan fingerprint density at radius 3 is 2.58 bits per heavy atom. The Kier molecular flexibility index (Phi) is 4.67. The van der Waals surface area contributed by atoms with Gasteiger partial charge in [0.05, 0.1) is 11.2 Å². The van der Waals surface area contributed by atoms with E-state index in [2.05, 4.69) is 41.8 Å². The molecule has 1 aliphatic heterocycles. The second-order valence-electron chi connectivity index (χ2n) is 7.64. The molecule has 8 nitrogen and oxygen atoms in total. The number of pyridine rings is 2. The van der Waals surface area contributed by atoms with E-state index in [0.29, 0.717) is 53.5 Å². The van der Waals surface area contributed by atoms with Crippen molar-refractivity contribution >= 4 is 49.8 Å². The molecule has 0 N–H and O–H groups in total. The van der Waals surface area contributed by atoms with Crippen LogP contribution in [0.4, 0.5) is 11.7 Å². The fraction of sp³-hybridized carbons (Fsp3) is 0.273. The molecule has 1 fully saturated rings. The summed E-state index contributed by atoms with van der Waals surface area (Å²) < 4.78 is 8.08. The van der Waals surface area contributed by atoms with E-state index in [4.69, 9.17) is 4.42 Å². The van der Waals surface area contributed by atoms with Gasteiger partial charge >= 0.3 is 0 Å².